The molecule has 0 saturated carbocycles. The van der Waals surface area contributed by atoms with E-state index in [9.17, 15) is 9.18 Å². The topological polar surface area (TPSA) is 50.4 Å². The zero-order valence-electron chi connectivity index (χ0n) is 11.3. The molecule has 1 aromatic rings. The number of carbonyl (C=O) groups is 1. The highest BCUT2D eigenvalue weighted by Crippen LogP contribution is 2.31. The Morgan fingerprint density at radius 3 is 2.80 bits per heavy atom. The van der Waals surface area contributed by atoms with Gasteiger partial charge < -0.3 is 15.4 Å². The molecule has 1 aliphatic rings. The molecule has 0 unspecified atom stereocenters. The quantitative estimate of drug-likeness (QED) is 0.898. The first-order chi connectivity index (χ1) is 9.57. The van der Waals surface area contributed by atoms with E-state index in [0.29, 0.717) is 24.5 Å². The van der Waals surface area contributed by atoms with Crippen LogP contribution in [-0.4, -0.2) is 32.7 Å². The highest BCUT2D eigenvalue weighted by Gasteiger charge is 2.39. The third kappa shape index (κ3) is 3.29. The Morgan fingerprint density at radius 2 is 2.20 bits per heavy atom. The summed E-state index contributed by atoms with van der Waals surface area (Å²) >= 11 is 5.70. The Labute approximate surface area is 122 Å². The lowest BCUT2D eigenvalue weighted by molar-refractivity contribution is -0.130. The van der Waals surface area contributed by atoms with Gasteiger partial charge in [-0.2, -0.15) is 0 Å². The third-order valence-electron chi connectivity index (χ3n) is 3.64. The number of nitrogens with one attached hydrogen (secondary N) is 2. The average molecular weight is 301 g/mol. The lowest BCUT2D eigenvalue weighted by Gasteiger charge is -2.35. The van der Waals surface area contributed by atoms with Gasteiger partial charge in [0.25, 0.3) is 0 Å². The van der Waals surface area contributed by atoms with E-state index in [-0.39, 0.29) is 11.6 Å². The molecule has 1 fully saturated rings. The first-order valence-corrected chi connectivity index (χ1v) is 6.91. The van der Waals surface area contributed by atoms with Crippen molar-refractivity contribution in [1.29, 1.82) is 0 Å². The van der Waals surface area contributed by atoms with Crippen LogP contribution in [0.4, 0.5) is 10.1 Å². The van der Waals surface area contributed by atoms with Crippen molar-refractivity contribution in [2.75, 3.05) is 32.1 Å². The van der Waals surface area contributed by atoms with Crippen LogP contribution in [0.15, 0.2) is 18.2 Å². The van der Waals surface area contributed by atoms with E-state index in [2.05, 4.69) is 10.6 Å². The lowest BCUT2D eigenvalue weighted by atomic mass is 9.78. The highest BCUT2D eigenvalue weighted by molar-refractivity contribution is 6.30. The fourth-order valence-electron chi connectivity index (χ4n) is 2.46. The Hall–Kier alpha value is -1.17. The zero-order chi connectivity index (χ0) is 14.6. The van der Waals surface area contributed by atoms with E-state index in [4.69, 9.17) is 16.3 Å². The van der Waals surface area contributed by atoms with Gasteiger partial charge in [-0.15, -0.1) is 0 Å². The Bertz CT molecular complexity index is 485. The van der Waals surface area contributed by atoms with Gasteiger partial charge in [-0.3, -0.25) is 4.79 Å². The molecule has 1 aliphatic heterocycles. The summed E-state index contributed by atoms with van der Waals surface area (Å²) in [6.07, 6.45) is 1.34. The van der Waals surface area contributed by atoms with Crippen LogP contribution in [-0.2, 0) is 9.53 Å². The van der Waals surface area contributed by atoms with E-state index in [1.54, 1.807) is 13.2 Å². The summed E-state index contributed by atoms with van der Waals surface area (Å²) in [6.45, 7) is 1.83. The minimum atomic E-state index is -0.605. The molecule has 0 aliphatic carbocycles. The van der Waals surface area contributed by atoms with Crippen molar-refractivity contribution in [3.8, 4) is 0 Å². The van der Waals surface area contributed by atoms with Crippen molar-refractivity contribution >= 4 is 23.2 Å². The monoisotopic (exact) mass is 300 g/mol. The van der Waals surface area contributed by atoms with Crippen LogP contribution in [0.1, 0.15) is 12.8 Å². The van der Waals surface area contributed by atoms with Crippen molar-refractivity contribution in [2.24, 2.45) is 5.41 Å². The van der Waals surface area contributed by atoms with Gasteiger partial charge in [0.2, 0.25) is 5.91 Å². The largest absolute Gasteiger partial charge is 0.384 e. The van der Waals surface area contributed by atoms with Crippen molar-refractivity contribution in [2.45, 2.75) is 12.8 Å². The molecule has 110 valence electrons. The summed E-state index contributed by atoms with van der Waals surface area (Å²) in [7, 11) is 1.57. The number of benzene rings is 1. The van der Waals surface area contributed by atoms with E-state index >= 15 is 0 Å². The number of amides is 1. The second-order valence-electron chi connectivity index (χ2n) is 5.04. The number of piperidine rings is 1. The van der Waals surface area contributed by atoms with Gasteiger partial charge in [0.15, 0.2) is 0 Å². The maximum absolute atomic E-state index is 13.7. The smallest absolute Gasteiger partial charge is 0.233 e. The van der Waals surface area contributed by atoms with Crippen LogP contribution < -0.4 is 10.6 Å². The summed E-state index contributed by atoms with van der Waals surface area (Å²) in [5, 5.41) is 6.16. The van der Waals surface area contributed by atoms with Crippen LogP contribution in [0.5, 0.6) is 0 Å². The summed E-state index contributed by atoms with van der Waals surface area (Å²) in [6, 6.07) is 4.20. The molecular weight excluding hydrogens is 283 g/mol. The van der Waals surface area contributed by atoms with Crippen LogP contribution in [0.25, 0.3) is 0 Å². The predicted octanol–water partition coefficient (Wildman–Crippen LogP) is 2.43. The predicted molar refractivity (Wildman–Crippen MR) is 76.5 cm³/mol. The Morgan fingerprint density at radius 1 is 1.50 bits per heavy atom. The highest BCUT2D eigenvalue weighted by atomic mass is 35.5. The van der Waals surface area contributed by atoms with Crippen LogP contribution in [0, 0.1) is 11.2 Å². The number of halogens is 2. The molecule has 0 bridgehead atoms. The SMILES string of the molecule is COCC1(C(=O)Nc2ccc(Cl)cc2F)CCNCC1. The lowest BCUT2D eigenvalue weighted by Crippen LogP contribution is -2.47. The van der Waals surface area contributed by atoms with E-state index in [1.807, 2.05) is 0 Å². The van der Waals surface area contributed by atoms with Gasteiger partial charge in [-0.25, -0.2) is 4.39 Å². The third-order valence-corrected chi connectivity index (χ3v) is 3.88. The molecule has 6 heteroatoms. The molecule has 1 aromatic carbocycles. The number of carbonyl (C=O) groups excluding carboxylic acids is 1. The first-order valence-electron chi connectivity index (χ1n) is 6.53. The summed E-state index contributed by atoms with van der Waals surface area (Å²) in [5.74, 6) is -0.741. The van der Waals surface area contributed by atoms with Crippen molar-refractivity contribution in [3.63, 3.8) is 0 Å². The molecule has 1 saturated heterocycles. The average Bonchev–Trinajstić information content (AvgIpc) is 2.43. The molecule has 0 aromatic heterocycles. The Balaban J connectivity index is 2.15. The zero-order valence-corrected chi connectivity index (χ0v) is 12.1. The first kappa shape index (κ1) is 15.2. The molecule has 4 nitrogen and oxygen atoms in total. The normalized spacial score (nSPS) is 17.8. The number of anilines is 1. The van der Waals surface area contributed by atoms with Crippen molar-refractivity contribution in [1.82, 2.24) is 5.32 Å². The van der Waals surface area contributed by atoms with E-state index < -0.39 is 11.2 Å². The summed E-state index contributed by atoms with van der Waals surface area (Å²) in [4.78, 5) is 12.5. The van der Waals surface area contributed by atoms with Gasteiger partial charge in [-0.05, 0) is 44.1 Å². The van der Waals surface area contributed by atoms with Gasteiger partial charge in [0.1, 0.15) is 5.82 Å². The van der Waals surface area contributed by atoms with Gasteiger partial charge >= 0.3 is 0 Å². The Kier molecular flexibility index (Phi) is 4.96. The van der Waals surface area contributed by atoms with Crippen LogP contribution in [0.3, 0.4) is 0 Å². The van der Waals surface area contributed by atoms with Crippen molar-refractivity contribution < 1.29 is 13.9 Å². The number of ether oxygens (including phenoxy) is 1. The maximum Gasteiger partial charge on any atom is 0.233 e. The second kappa shape index (κ2) is 6.52. The number of methoxy groups -OCH3 is 1. The number of hydrogen-bond acceptors (Lipinski definition) is 3. The molecule has 1 amide bonds. The molecule has 0 spiro atoms. The van der Waals surface area contributed by atoms with Crippen molar-refractivity contribution in [3.05, 3.63) is 29.0 Å². The van der Waals surface area contributed by atoms with Gasteiger partial charge in [0.05, 0.1) is 17.7 Å². The van der Waals surface area contributed by atoms with Gasteiger partial charge in [-0.1, -0.05) is 11.6 Å². The van der Waals surface area contributed by atoms with Gasteiger partial charge in [0, 0.05) is 12.1 Å². The summed E-state index contributed by atoms with van der Waals surface area (Å²) in [5.41, 5.74) is -0.458. The van der Waals surface area contributed by atoms with E-state index in [1.165, 1.54) is 12.1 Å². The maximum atomic E-state index is 13.7. The van der Waals surface area contributed by atoms with E-state index in [0.717, 1.165) is 13.1 Å². The molecule has 2 N–H and O–H groups in total. The second-order valence-corrected chi connectivity index (χ2v) is 5.48. The molecule has 0 radical (unpaired) electrons. The molecule has 1 heterocycles. The number of hydrogen-bond donors (Lipinski definition) is 2. The van der Waals surface area contributed by atoms with Crippen LogP contribution in [0.2, 0.25) is 5.02 Å². The molecule has 20 heavy (non-hydrogen) atoms. The standard InChI is InChI=1S/C14H18ClFN2O2/c1-20-9-14(4-6-17-7-5-14)13(19)18-12-3-2-10(15)8-11(12)16/h2-3,8,17H,4-7,9H2,1H3,(H,18,19). The molecular formula is C14H18ClFN2O2. The van der Waals surface area contributed by atoms with Crippen LogP contribution >= 0.6 is 11.6 Å². The fraction of sp³-hybridized carbons (Fsp3) is 0.500. The molecule has 0 atom stereocenters. The minimum Gasteiger partial charge on any atom is -0.384 e. The minimum absolute atomic E-state index is 0.147. The summed E-state index contributed by atoms with van der Waals surface area (Å²) < 4.78 is 18.9. The molecule has 2 rings (SSSR count). The number of rotatable bonds is 4. The fourth-order valence-corrected chi connectivity index (χ4v) is 2.62.